The van der Waals surface area contributed by atoms with Gasteiger partial charge < -0.3 is 5.32 Å². The van der Waals surface area contributed by atoms with E-state index in [0.717, 1.165) is 11.3 Å². The highest BCUT2D eigenvalue weighted by atomic mass is 35.5. The quantitative estimate of drug-likeness (QED) is 0.857. The monoisotopic (exact) mass is 395 g/mol. The molecule has 1 aliphatic rings. The molecule has 2 heterocycles. The summed E-state index contributed by atoms with van der Waals surface area (Å²) < 4.78 is 25.3. The number of carbonyl (C=O) groups excluding carboxylic acids is 1. The predicted molar refractivity (Wildman–Crippen MR) is 103 cm³/mol. The average molecular weight is 396 g/mol. The number of hydrogen-bond donors (Lipinski definition) is 1. The minimum absolute atomic E-state index is 0.0724. The van der Waals surface area contributed by atoms with Gasteiger partial charge >= 0.3 is 0 Å². The number of nitrogens with zero attached hydrogens (tertiary/aromatic N) is 2. The predicted octanol–water partition coefficient (Wildman–Crippen LogP) is 3.58. The molecule has 0 saturated carbocycles. The van der Waals surface area contributed by atoms with Crippen LogP contribution in [0.25, 0.3) is 0 Å². The van der Waals surface area contributed by atoms with Gasteiger partial charge in [0.2, 0.25) is 0 Å². The molecule has 0 aliphatic carbocycles. The maximum absolute atomic E-state index is 12.6. The number of halogens is 1. The molecular weight excluding hydrogens is 374 g/mol. The second-order valence-corrected chi connectivity index (χ2v) is 9.66. The van der Waals surface area contributed by atoms with Crippen LogP contribution in [0.15, 0.2) is 24.3 Å². The zero-order valence-corrected chi connectivity index (χ0v) is 16.6. The maximum atomic E-state index is 12.6. The second-order valence-electron chi connectivity index (χ2n) is 7.03. The first-order chi connectivity index (χ1) is 12.2. The Morgan fingerprint density at radius 2 is 2.08 bits per heavy atom. The van der Waals surface area contributed by atoms with Crippen molar-refractivity contribution in [3.8, 4) is 0 Å². The van der Waals surface area contributed by atoms with Gasteiger partial charge in [-0.2, -0.15) is 5.10 Å². The van der Waals surface area contributed by atoms with Gasteiger partial charge in [-0.1, -0.05) is 31.5 Å². The molecule has 6 nitrogen and oxygen atoms in total. The molecule has 0 spiro atoms. The first kappa shape index (κ1) is 18.9. The molecular formula is C18H22ClN3O3S. The van der Waals surface area contributed by atoms with Crippen LogP contribution in [0.5, 0.6) is 0 Å². The summed E-state index contributed by atoms with van der Waals surface area (Å²) in [5.74, 6) is 0.0224. The summed E-state index contributed by atoms with van der Waals surface area (Å²) in [6.07, 6.45) is 0.526. The third kappa shape index (κ3) is 3.94. The number of aromatic nitrogens is 2. The lowest BCUT2D eigenvalue weighted by Gasteiger charge is -2.15. The van der Waals surface area contributed by atoms with Gasteiger partial charge in [-0.25, -0.2) is 8.42 Å². The number of sulfone groups is 1. The van der Waals surface area contributed by atoms with Gasteiger partial charge in [-0.05, 0) is 43.0 Å². The van der Waals surface area contributed by atoms with E-state index >= 15 is 0 Å². The Balaban J connectivity index is 1.87. The highest BCUT2D eigenvalue weighted by molar-refractivity contribution is 7.91. The Labute approximate surface area is 158 Å². The van der Waals surface area contributed by atoms with Gasteiger partial charge in [0, 0.05) is 16.4 Å². The van der Waals surface area contributed by atoms with Gasteiger partial charge in [0.15, 0.2) is 15.5 Å². The SMILES string of the molecule is Cc1ccc(NC(=O)c2cc(C(C)C)n([C@H]3CCS(=O)(=O)C3)n2)cc1Cl. The van der Waals surface area contributed by atoms with Crippen molar-refractivity contribution >= 4 is 33.0 Å². The molecule has 1 aliphatic heterocycles. The van der Waals surface area contributed by atoms with Gasteiger partial charge in [0.05, 0.1) is 17.5 Å². The Morgan fingerprint density at radius 3 is 2.65 bits per heavy atom. The third-order valence-corrected chi connectivity index (χ3v) is 6.73. The molecule has 3 rings (SSSR count). The standard InChI is InChI=1S/C18H22ClN3O3S/c1-11(2)17-9-16(21-22(17)14-6-7-26(24,25)10-14)18(23)20-13-5-4-12(3)15(19)8-13/h4-5,8-9,11,14H,6-7,10H2,1-3H3,(H,20,23)/t14-/m0/s1. The molecule has 1 amide bonds. The second kappa shape index (κ2) is 7.04. The molecule has 1 fully saturated rings. The van der Waals surface area contributed by atoms with E-state index in [9.17, 15) is 13.2 Å². The largest absolute Gasteiger partial charge is 0.321 e. The molecule has 8 heteroatoms. The molecule has 26 heavy (non-hydrogen) atoms. The first-order valence-electron chi connectivity index (χ1n) is 8.53. The Kier molecular flexibility index (Phi) is 5.12. The molecule has 1 saturated heterocycles. The zero-order chi connectivity index (χ0) is 19.1. The maximum Gasteiger partial charge on any atom is 0.276 e. The van der Waals surface area contributed by atoms with Crippen LogP contribution < -0.4 is 5.32 Å². The van der Waals surface area contributed by atoms with Gasteiger partial charge in [0.25, 0.3) is 5.91 Å². The number of anilines is 1. The molecule has 140 valence electrons. The molecule has 2 aromatic rings. The fourth-order valence-electron chi connectivity index (χ4n) is 3.08. The number of rotatable bonds is 4. The number of aryl methyl sites for hydroxylation is 1. The molecule has 1 aromatic heterocycles. The van der Waals surface area contributed by atoms with E-state index in [1.165, 1.54) is 0 Å². The van der Waals surface area contributed by atoms with Crippen molar-refractivity contribution in [1.82, 2.24) is 9.78 Å². The average Bonchev–Trinajstić information content (AvgIpc) is 3.14. The number of benzene rings is 1. The minimum atomic E-state index is -3.03. The van der Waals surface area contributed by atoms with Crippen LogP contribution in [0.3, 0.4) is 0 Å². The van der Waals surface area contributed by atoms with Crippen molar-refractivity contribution in [2.75, 3.05) is 16.8 Å². The number of hydrogen-bond acceptors (Lipinski definition) is 4. The number of amides is 1. The van der Waals surface area contributed by atoms with E-state index in [4.69, 9.17) is 11.6 Å². The lowest BCUT2D eigenvalue weighted by molar-refractivity contribution is 0.102. The van der Waals surface area contributed by atoms with E-state index in [-0.39, 0.29) is 35.1 Å². The zero-order valence-electron chi connectivity index (χ0n) is 15.0. The van der Waals surface area contributed by atoms with Gasteiger partial charge in [-0.3, -0.25) is 9.48 Å². The lowest BCUT2D eigenvalue weighted by Crippen LogP contribution is -2.17. The molecule has 0 radical (unpaired) electrons. The van der Waals surface area contributed by atoms with Crippen molar-refractivity contribution in [2.45, 2.75) is 39.2 Å². The highest BCUT2D eigenvalue weighted by Crippen LogP contribution is 2.28. The number of nitrogens with one attached hydrogen (secondary N) is 1. The van der Waals surface area contributed by atoms with E-state index in [1.54, 1.807) is 22.9 Å². The lowest BCUT2D eigenvalue weighted by atomic mass is 10.1. The normalized spacial score (nSPS) is 19.0. The topological polar surface area (TPSA) is 81.1 Å². The van der Waals surface area contributed by atoms with Crippen molar-refractivity contribution in [2.24, 2.45) is 0 Å². The summed E-state index contributed by atoms with van der Waals surface area (Å²) >= 11 is 6.10. The summed E-state index contributed by atoms with van der Waals surface area (Å²) in [6.45, 7) is 5.89. The van der Waals surface area contributed by atoms with Crippen LogP contribution in [-0.4, -0.2) is 35.6 Å². The van der Waals surface area contributed by atoms with Crippen molar-refractivity contribution in [3.05, 3.63) is 46.2 Å². The molecule has 0 unspecified atom stereocenters. The summed E-state index contributed by atoms with van der Waals surface area (Å²) in [6, 6.07) is 6.83. The van der Waals surface area contributed by atoms with E-state index in [2.05, 4.69) is 10.4 Å². The van der Waals surface area contributed by atoms with Crippen LogP contribution in [0.4, 0.5) is 5.69 Å². The van der Waals surface area contributed by atoms with Crippen LogP contribution >= 0.6 is 11.6 Å². The third-order valence-electron chi connectivity index (χ3n) is 4.57. The summed E-state index contributed by atoms with van der Waals surface area (Å²) in [4.78, 5) is 12.6. The van der Waals surface area contributed by atoms with Gasteiger partial charge in [-0.15, -0.1) is 0 Å². The van der Waals surface area contributed by atoms with E-state index in [0.29, 0.717) is 17.1 Å². The van der Waals surface area contributed by atoms with E-state index < -0.39 is 9.84 Å². The highest BCUT2D eigenvalue weighted by Gasteiger charge is 2.32. The van der Waals surface area contributed by atoms with Crippen LogP contribution in [0, 0.1) is 6.92 Å². The van der Waals surface area contributed by atoms with Crippen LogP contribution in [0.2, 0.25) is 5.02 Å². The Bertz CT molecular complexity index is 951. The van der Waals surface area contributed by atoms with Gasteiger partial charge in [0.1, 0.15) is 0 Å². The van der Waals surface area contributed by atoms with Crippen molar-refractivity contribution < 1.29 is 13.2 Å². The molecule has 1 atom stereocenters. The van der Waals surface area contributed by atoms with Crippen molar-refractivity contribution in [3.63, 3.8) is 0 Å². The summed E-state index contributed by atoms with van der Waals surface area (Å²) in [5.41, 5.74) is 2.65. The Morgan fingerprint density at radius 1 is 1.35 bits per heavy atom. The Hall–Kier alpha value is -1.86. The van der Waals surface area contributed by atoms with Crippen molar-refractivity contribution in [1.29, 1.82) is 0 Å². The smallest absolute Gasteiger partial charge is 0.276 e. The van der Waals surface area contributed by atoms with E-state index in [1.807, 2.05) is 26.8 Å². The summed E-state index contributed by atoms with van der Waals surface area (Å²) in [7, 11) is -3.03. The fraction of sp³-hybridized carbons (Fsp3) is 0.444. The molecule has 1 aromatic carbocycles. The van der Waals surface area contributed by atoms with Crippen LogP contribution in [0.1, 0.15) is 54.0 Å². The van der Waals surface area contributed by atoms with Crippen LogP contribution in [-0.2, 0) is 9.84 Å². The molecule has 1 N–H and O–H groups in total. The fourth-order valence-corrected chi connectivity index (χ4v) is 4.95. The first-order valence-corrected chi connectivity index (χ1v) is 10.7. The minimum Gasteiger partial charge on any atom is -0.321 e. The number of carbonyl (C=O) groups is 1. The molecule has 0 bridgehead atoms. The summed E-state index contributed by atoms with van der Waals surface area (Å²) in [5, 5.41) is 7.79.